The number of nitrogens with zero attached hydrogens (tertiary/aromatic N) is 2. The zero-order chi connectivity index (χ0) is 21.7. The molecule has 1 aliphatic rings. The molecule has 4 heteroatoms. The minimum atomic E-state index is 0.644. The average Bonchev–Trinajstić information content (AvgIpc) is 2.82. The van der Waals surface area contributed by atoms with E-state index < -0.39 is 0 Å². The molecule has 0 saturated carbocycles. The largest absolute Gasteiger partial charge is 0.496 e. The maximum absolute atomic E-state index is 5.83. The molecule has 2 N–H and O–H groups in total. The second-order valence-electron chi connectivity index (χ2n) is 8.82. The van der Waals surface area contributed by atoms with Gasteiger partial charge < -0.3 is 15.4 Å². The predicted molar refractivity (Wildman–Crippen MR) is 131 cm³/mol. The summed E-state index contributed by atoms with van der Waals surface area (Å²) in [6, 6.07) is 19.3. The molecular formula is C27H41N3O. The smallest absolute Gasteiger partial charge is 0.122 e. The Kier molecular flexibility index (Phi) is 10.4. The maximum atomic E-state index is 5.83. The van der Waals surface area contributed by atoms with Gasteiger partial charge in [-0.2, -0.15) is 0 Å². The normalized spacial score (nSPS) is 15.5. The molecule has 3 rings (SSSR count). The number of piperidine rings is 1. The van der Waals surface area contributed by atoms with E-state index in [1.165, 1.54) is 69.3 Å². The molecule has 1 heterocycles. The minimum absolute atomic E-state index is 0.644. The van der Waals surface area contributed by atoms with Gasteiger partial charge in [0.2, 0.25) is 0 Å². The Balaban J connectivity index is 1.28. The highest BCUT2D eigenvalue weighted by molar-refractivity contribution is 5.36. The zero-order valence-corrected chi connectivity index (χ0v) is 19.3. The molecule has 0 spiro atoms. The van der Waals surface area contributed by atoms with Gasteiger partial charge in [0.05, 0.1) is 7.11 Å². The summed E-state index contributed by atoms with van der Waals surface area (Å²) in [7, 11) is 1.78. The van der Waals surface area contributed by atoms with Crippen molar-refractivity contribution in [2.24, 2.45) is 5.73 Å². The lowest BCUT2D eigenvalue weighted by Crippen LogP contribution is -2.33. The molecule has 31 heavy (non-hydrogen) atoms. The van der Waals surface area contributed by atoms with E-state index in [4.69, 9.17) is 10.5 Å². The fourth-order valence-electron chi connectivity index (χ4n) is 4.79. The van der Waals surface area contributed by atoms with E-state index in [1.807, 2.05) is 0 Å². The zero-order valence-electron chi connectivity index (χ0n) is 19.3. The Morgan fingerprint density at radius 3 is 2.35 bits per heavy atom. The van der Waals surface area contributed by atoms with Crippen LogP contribution in [0.25, 0.3) is 0 Å². The van der Waals surface area contributed by atoms with Gasteiger partial charge in [0.1, 0.15) is 5.75 Å². The minimum Gasteiger partial charge on any atom is -0.496 e. The average molecular weight is 424 g/mol. The molecular weight excluding hydrogens is 382 g/mol. The van der Waals surface area contributed by atoms with Crippen LogP contribution in [0.5, 0.6) is 5.75 Å². The van der Waals surface area contributed by atoms with Crippen LogP contribution in [0.4, 0.5) is 0 Å². The summed E-state index contributed by atoms with van der Waals surface area (Å²) in [6.07, 6.45) is 7.71. The molecule has 170 valence electrons. The Hall–Kier alpha value is -1.88. The SMILES string of the molecule is COc1ccccc1C1CCN(CCCCCCN(CCN)Cc2ccccc2)CC1. The number of likely N-dealkylation sites (tertiary alicyclic amines) is 1. The number of hydrogen-bond acceptors (Lipinski definition) is 4. The summed E-state index contributed by atoms with van der Waals surface area (Å²) in [6.45, 7) is 7.55. The van der Waals surface area contributed by atoms with Crippen molar-refractivity contribution in [2.45, 2.75) is 51.0 Å². The van der Waals surface area contributed by atoms with Crippen molar-refractivity contribution in [3.05, 3.63) is 65.7 Å². The van der Waals surface area contributed by atoms with Crippen LogP contribution in [0.1, 0.15) is 55.6 Å². The number of nitrogens with two attached hydrogens (primary N) is 1. The van der Waals surface area contributed by atoms with Crippen LogP contribution in [0.15, 0.2) is 54.6 Å². The van der Waals surface area contributed by atoms with Crippen LogP contribution in [0, 0.1) is 0 Å². The van der Waals surface area contributed by atoms with Gasteiger partial charge in [-0.3, -0.25) is 4.90 Å². The lowest BCUT2D eigenvalue weighted by Gasteiger charge is -2.32. The van der Waals surface area contributed by atoms with Gasteiger partial charge in [0.15, 0.2) is 0 Å². The number of unbranched alkanes of at least 4 members (excludes halogenated alkanes) is 3. The third-order valence-electron chi connectivity index (χ3n) is 6.56. The van der Waals surface area contributed by atoms with Crippen LogP contribution in [0.3, 0.4) is 0 Å². The number of rotatable bonds is 13. The summed E-state index contributed by atoms with van der Waals surface area (Å²) in [4.78, 5) is 5.15. The molecule has 0 radical (unpaired) electrons. The molecule has 1 saturated heterocycles. The highest BCUT2D eigenvalue weighted by atomic mass is 16.5. The fraction of sp³-hybridized carbons (Fsp3) is 0.556. The van der Waals surface area contributed by atoms with Gasteiger partial charge in [-0.05, 0) is 75.0 Å². The van der Waals surface area contributed by atoms with E-state index >= 15 is 0 Å². The highest BCUT2D eigenvalue weighted by Gasteiger charge is 2.22. The molecule has 0 aromatic heterocycles. The molecule has 0 unspecified atom stereocenters. The van der Waals surface area contributed by atoms with E-state index in [9.17, 15) is 0 Å². The summed E-state index contributed by atoms with van der Waals surface area (Å²) >= 11 is 0. The monoisotopic (exact) mass is 423 g/mol. The van der Waals surface area contributed by atoms with E-state index in [1.54, 1.807) is 7.11 Å². The molecule has 0 bridgehead atoms. The molecule has 4 nitrogen and oxygen atoms in total. The van der Waals surface area contributed by atoms with Crippen LogP contribution in [0.2, 0.25) is 0 Å². The second kappa shape index (κ2) is 13.5. The third-order valence-corrected chi connectivity index (χ3v) is 6.56. The molecule has 0 aliphatic carbocycles. The summed E-state index contributed by atoms with van der Waals surface area (Å²) in [5.74, 6) is 1.70. The lowest BCUT2D eigenvalue weighted by molar-refractivity contribution is 0.205. The van der Waals surface area contributed by atoms with Gasteiger partial charge in [-0.15, -0.1) is 0 Å². The molecule has 2 aromatic rings. The third kappa shape index (κ3) is 7.95. The number of hydrogen-bond donors (Lipinski definition) is 1. The number of benzene rings is 2. The van der Waals surface area contributed by atoms with Crippen LogP contribution >= 0.6 is 0 Å². The Bertz CT molecular complexity index is 728. The van der Waals surface area contributed by atoms with Gasteiger partial charge >= 0.3 is 0 Å². The van der Waals surface area contributed by atoms with Crippen LogP contribution in [-0.4, -0.2) is 56.2 Å². The first-order valence-electron chi connectivity index (χ1n) is 12.1. The number of methoxy groups -OCH3 is 1. The van der Waals surface area contributed by atoms with Gasteiger partial charge in [0, 0.05) is 19.6 Å². The summed E-state index contributed by atoms with van der Waals surface area (Å²) in [5, 5.41) is 0. The molecule has 0 atom stereocenters. The Labute approximate surface area is 189 Å². The van der Waals surface area contributed by atoms with Crippen molar-refractivity contribution < 1.29 is 4.74 Å². The molecule has 1 aliphatic heterocycles. The van der Waals surface area contributed by atoms with E-state index in [0.717, 1.165) is 31.9 Å². The van der Waals surface area contributed by atoms with E-state index in [2.05, 4.69) is 64.4 Å². The van der Waals surface area contributed by atoms with Crippen molar-refractivity contribution >= 4 is 0 Å². The van der Waals surface area contributed by atoms with Gasteiger partial charge in [-0.25, -0.2) is 0 Å². The number of para-hydroxylation sites is 1. The van der Waals surface area contributed by atoms with Gasteiger partial charge in [0.25, 0.3) is 0 Å². The predicted octanol–water partition coefficient (Wildman–Crippen LogP) is 4.90. The summed E-state index contributed by atoms with van der Waals surface area (Å²) < 4.78 is 5.57. The lowest BCUT2D eigenvalue weighted by atomic mass is 9.88. The van der Waals surface area contributed by atoms with Crippen molar-refractivity contribution in [1.82, 2.24) is 9.80 Å². The van der Waals surface area contributed by atoms with Gasteiger partial charge in [-0.1, -0.05) is 61.4 Å². The fourth-order valence-corrected chi connectivity index (χ4v) is 4.79. The van der Waals surface area contributed by atoms with E-state index in [0.29, 0.717) is 5.92 Å². The van der Waals surface area contributed by atoms with Crippen molar-refractivity contribution in [3.63, 3.8) is 0 Å². The highest BCUT2D eigenvalue weighted by Crippen LogP contribution is 2.34. The standard InChI is InChI=1S/C27H41N3O/c1-31-27-14-8-7-13-26(27)25-15-20-29(21-16-25)18-9-2-3-10-19-30(22-17-28)23-24-11-5-4-6-12-24/h4-8,11-14,25H,2-3,9-10,15-23,28H2,1H3. The Morgan fingerprint density at radius 2 is 1.61 bits per heavy atom. The maximum Gasteiger partial charge on any atom is 0.122 e. The first kappa shape index (κ1) is 23.8. The molecule has 2 aromatic carbocycles. The number of ether oxygens (including phenoxy) is 1. The second-order valence-corrected chi connectivity index (χ2v) is 8.82. The molecule has 1 fully saturated rings. The summed E-state index contributed by atoms with van der Waals surface area (Å²) in [5.41, 5.74) is 8.60. The van der Waals surface area contributed by atoms with Crippen molar-refractivity contribution in [3.8, 4) is 5.75 Å². The van der Waals surface area contributed by atoms with Crippen molar-refractivity contribution in [2.75, 3.05) is 46.4 Å². The van der Waals surface area contributed by atoms with E-state index in [-0.39, 0.29) is 0 Å². The van der Waals surface area contributed by atoms with Crippen molar-refractivity contribution in [1.29, 1.82) is 0 Å². The van der Waals surface area contributed by atoms with Crippen LogP contribution < -0.4 is 10.5 Å². The molecule has 0 amide bonds. The Morgan fingerprint density at radius 1 is 0.903 bits per heavy atom. The van der Waals surface area contributed by atoms with Crippen LogP contribution in [-0.2, 0) is 6.54 Å². The quantitative estimate of drug-likeness (QED) is 0.466. The first-order chi connectivity index (χ1) is 15.3. The first-order valence-corrected chi connectivity index (χ1v) is 12.1. The topological polar surface area (TPSA) is 41.7 Å².